The number of rotatable bonds is 4. The largest absolute Gasteiger partial charge is 0.496 e. The number of amides is 1. The quantitative estimate of drug-likeness (QED) is 0.858. The number of nitrogens with zero attached hydrogens (tertiary/aromatic N) is 3. The molecule has 1 aliphatic heterocycles. The van der Waals surface area contributed by atoms with Gasteiger partial charge >= 0.3 is 0 Å². The third-order valence-electron chi connectivity index (χ3n) is 4.08. The van der Waals surface area contributed by atoms with E-state index in [0.717, 1.165) is 17.0 Å². The maximum Gasteiger partial charge on any atom is 0.227 e. The fraction of sp³-hybridized carbons (Fsp3) is 0.389. The highest BCUT2D eigenvalue weighted by molar-refractivity contribution is 5.79. The van der Waals surface area contributed by atoms with Gasteiger partial charge in [-0.1, -0.05) is 18.2 Å². The summed E-state index contributed by atoms with van der Waals surface area (Å²) in [4.78, 5) is 23.0. The van der Waals surface area contributed by atoms with Gasteiger partial charge in [0, 0.05) is 18.3 Å². The van der Waals surface area contributed by atoms with E-state index in [9.17, 15) is 4.79 Å². The van der Waals surface area contributed by atoms with Gasteiger partial charge in [0.2, 0.25) is 5.91 Å². The maximum atomic E-state index is 12.7. The number of benzene rings is 1. The van der Waals surface area contributed by atoms with Gasteiger partial charge in [-0.15, -0.1) is 0 Å². The van der Waals surface area contributed by atoms with Gasteiger partial charge in [-0.05, 0) is 19.1 Å². The van der Waals surface area contributed by atoms with Gasteiger partial charge in [0.15, 0.2) is 0 Å². The van der Waals surface area contributed by atoms with Gasteiger partial charge in [0.1, 0.15) is 17.7 Å². The summed E-state index contributed by atoms with van der Waals surface area (Å²) in [5, 5.41) is 0. The van der Waals surface area contributed by atoms with Crippen LogP contribution in [0.1, 0.15) is 23.2 Å². The normalized spacial score (nSPS) is 17.6. The first-order valence-corrected chi connectivity index (χ1v) is 7.98. The van der Waals surface area contributed by atoms with Crippen molar-refractivity contribution in [1.82, 2.24) is 14.9 Å². The van der Waals surface area contributed by atoms with Crippen molar-refractivity contribution >= 4 is 5.91 Å². The molecule has 0 N–H and O–H groups in total. The monoisotopic (exact) mass is 327 g/mol. The molecular weight excluding hydrogens is 306 g/mol. The highest BCUT2D eigenvalue weighted by Crippen LogP contribution is 2.23. The Kier molecular flexibility index (Phi) is 5.05. The minimum absolute atomic E-state index is 0.0681. The maximum absolute atomic E-state index is 12.7. The van der Waals surface area contributed by atoms with Crippen LogP contribution in [0.2, 0.25) is 0 Å². The average Bonchev–Trinajstić information content (AvgIpc) is 2.62. The van der Waals surface area contributed by atoms with Crippen LogP contribution in [-0.4, -0.2) is 47.6 Å². The third-order valence-corrected chi connectivity index (χ3v) is 4.08. The van der Waals surface area contributed by atoms with Gasteiger partial charge < -0.3 is 14.4 Å². The number of aromatic nitrogens is 2. The number of methoxy groups -OCH3 is 1. The minimum atomic E-state index is -0.206. The molecule has 0 saturated carbocycles. The van der Waals surface area contributed by atoms with Gasteiger partial charge in [-0.25, -0.2) is 9.97 Å². The van der Waals surface area contributed by atoms with E-state index >= 15 is 0 Å². The summed E-state index contributed by atoms with van der Waals surface area (Å²) < 4.78 is 11.1. The number of hydrogen-bond donors (Lipinski definition) is 0. The number of carbonyl (C=O) groups excluding carboxylic acids is 1. The van der Waals surface area contributed by atoms with E-state index in [2.05, 4.69) is 9.97 Å². The number of morpholine rings is 1. The molecule has 1 aromatic carbocycles. The molecule has 3 rings (SSSR count). The minimum Gasteiger partial charge on any atom is -0.496 e. The summed E-state index contributed by atoms with van der Waals surface area (Å²) in [6, 6.07) is 9.44. The predicted octanol–water partition coefficient (Wildman–Crippen LogP) is 1.94. The van der Waals surface area contributed by atoms with Crippen LogP contribution in [0.5, 0.6) is 5.75 Å². The van der Waals surface area contributed by atoms with Gasteiger partial charge in [0.05, 0.1) is 32.4 Å². The van der Waals surface area contributed by atoms with E-state index in [1.165, 1.54) is 0 Å². The van der Waals surface area contributed by atoms with Crippen LogP contribution in [0, 0.1) is 6.92 Å². The Hall–Kier alpha value is -2.47. The molecular formula is C18H21N3O3. The van der Waals surface area contributed by atoms with Crippen molar-refractivity contribution in [2.24, 2.45) is 0 Å². The second kappa shape index (κ2) is 7.40. The van der Waals surface area contributed by atoms with Crippen molar-refractivity contribution in [3.05, 3.63) is 53.6 Å². The number of carbonyl (C=O) groups is 1. The van der Waals surface area contributed by atoms with E-state index in [0.29, 0.717) is 31.9 Å². The highest BCUT2D eigenvalue weighted by Gasteiger charge is 2.26. The fourth-order valence-electron chi connectivity index (χ4n) is 2.83. The van der Waals surface area contributed by atoms with Crippen LogP contribution in [0.3, 0.4) is 0 Å². The molecule has 0 aliphatic carbocycles. The second-order valence-electron chi connectivity index (χ2n) is 5.72. The first-order chi connectivity index (χ1) is 11.7. The number of para-hydroxylation sites is 1. The Labute approximate surface area is 141 Å². The lowest BCUT2D eigenvalue weighted by molar-refractivity contribution is -0.138. The zero-order valence-electron chi connectivity index (χ0n) is 13.9. The molecule has 1 saturated heterocycles. The zero-order valence-corrected chi connectivity index (χ0v) is 13.9. The summed E-state index contributed by atoms with van der Waals surface area (Å²) in [5.74, 6) is 1.51. The molecule has 0 radical (unpaired) electrons. The van der Waals surface area contributed by atoms with Crippen molar-refractivity contribution in [1.29, 1.82) is 0 Å². The molecule has 2 heterocycles. The van der Waals surface area contributed by atoms with Crippen molar-refractivity contribution < 1.29 is 14.3 Å². The van der Waals surface area contributed by atoms with Crippen molar-refractivity contribution in [2.45, 2.75) is 19.4 Å². The Bertz CT molecular complexity index is 720. The van der Waals surface area contributed by atoms with E-state index in [1.807, 2.05) is 42.2 Å². The lowest BCUT2D eigenvalue weighted by atomic mass is 10.1. The standard InChI is InChI=1S/C18H21N3O3/c1-13-19-8-7-15(20-13)17-12-21(9-10-24-17)18(22)11-14-5-3-4-6-16(14)23-2/h3-8,17H,9-12H2,1-2H3. The van der Waals surface area contributed by atoms with Crippen molar-refractivity contribution in [3.8, 4) is 5.75 Å². The van der Waals surface area contributed by atoms with Crippen molar-refractivity contribution in [3.63, 3.8) is 0 Å². The summed E-state index contributed by atoms with van der Waals surface area (Å²) in [7, 11) is 1.62. The molecule has 6 nitrogen and oxygen atoms in total. The fourth-order valence-corrected chi connectivity index (χ4v) is 2.83. The third kappa shape index (κ3) is 3.71. The molecule has 1 atom stereocenters. The van der Waals surface area contributed by atoms with E-state index in [-0.39, 0.29) is 12.0 Å². The van der Waals surface area contributed by atoms with Crippen LogP contribution in [-0.2, 0) is 16.0 Å². The topological polar surface area (TPSA) is 64.5 Å². The van der Waals surface area contributed by atoms with Gasteiger partial charge in [-0.2, -0.15) is 0 Å². The van der Waals surface area contributed by atoms with Crippen LogP contribution in [0.4, 0.5) is 0 Å². The number of aryl methyl sites for hydroxylation is 1. The van der Waals surface area contributed by atoms with E-state index in [1.54, 1.807) is 13.3 Å². The molecule has 6 heteroatoms. The molecule has 126 valence electrons. The smallest absolute Gasteiger partial charge is 0.227 e. The summed E-state index contributed by atoms with van der Waals surface area (Å²) in [6.45, 7) is 3.45. The van der Waals surface area contributed by atoms with Crippen molar-refractivity contribution in [2.75, 3.05) is 26.8 Å². The average molecular weight is 327 g/mol. The summed E-state index contributed by atoms with van der Waals surface area (Å²) >= 11 is 0. The van der Waals surface area contributed by atoms with E-state index in [4.69, 9.17) is 9.47 Å². The molecule has 1 aliphatic rings. The molecule has 1 aromatic heterocycles. The lowest BCUT2D eigenvalue weighted by Gasteiger charge is -2.33. The Morgan fingerprint density at radius 3 is 3.00 bits per heavy atom. The Morgan fingerprint density at radius 2 is 2.21 bits per heavy atom. The molecule has 1 unspecified atom stereocenters. The SMILES string of the molecule is COc1ccccc1CC(=O)N1CCOC(c2ccnc(C)n2)C1. The summed E-state index contributed by atoms with van der Waals surface area (Å²) in [6.07, 6.45) is 1.83. The Balaban J connectivity index is 1.69. The molecule has 2 aromatic rings. The van der Waals surface area contributed by atoms with Gasteiger partial charge in [-0.3, -0.25) is 4.79 Å². The molecule has 1 amide bonds. The molecule has 0 bridgehead atoms. The molecule has 1 fully saturated rings. The lowest BCUT2D eigenvalue weighted by Crippen LogP contribution is -2.43. The van der Waals surface area contributed by atoms with Crippen LogP contribution >= 0.6 is 0 Å². The summed E-state index contributed by atoms with van der Waals surface area (Å²) in [5.41, 5.74) is 1.71. The van der Waals surface area contributed by atoms with Crippen LogP contribution in [0.15, 0.2) is 36.5 Å². The zero-order chi connectivity index (χ0) is 16.9. The second-order valence-corrected chi connectivity index (χ2v) is 5.72. The van der Waals surface area contributed by atoms with Gasteiger partial charge in [0.25, 0.3) is 0 Å². The first-order valence-electron chi connectivity index (χ1n) is 7.98. The van der Waals surface area contributed by atoms with Crippen LogP contribution in [0.25, 0.3) is 0 Å². The molecule has 24 heavy (non-hydrogen) atoms. The van der Waals surface area contributed by atoms with Crippen LogP contribution < -0.4 is 4.74 Å². The number of ether oxygens (including phenoxy) is 2. The molecule has 0 spiro atoms. The Morgan fingerprint density at radius 1 is 1.38 bits per heavy atom. The first kappa shape index (κ1) is 16.4. The number of hydrogen-bond acceptors (Lipinski definition) is 5. The predicted molar refractivity (Wildman–Crippen MR) is 88.7 cm³/mol. The van der Waals surface area contributed by atoms with E-state index < -0.39 is 0 Å². The highest BCUT2D eigenvalue weighted by atomic mass is 16.5.